The Morgan fingerprint density at radius 3 is 2.80 bits per heavy atom. The molecule has 0 unspecified atom stereocenters. The van der Waals surface area contributed by atoms with Crippen LogP contribution in [0.15, 0.2) is 0 Å². The Morgan fingerprint density at radius 1 is 1.40 bits per heavy atom. The van der Waals surface area contributed by atoms with Gasteiger partial charge in [0, 0.05) is 0 Å². The van der Waals surface area contributed by atoms with Gasteiger partial charge in [0.15, 0.2) is 0 Å². The lowest BCUT2D eigenvalue weighted by Gasteiger charge is -2.12. The van der Waals surface area contributed by atoms with Gasteiger partial charge in [-0.15, -0.1) is 17.0 Å². The van der Waals surface area contributed by atoms with Crippen molar-refractivity contribution >= 4 is 23.0 Å². The molecule has 1 saturated heterocycles. The van der Waals surface area contributed by atoms with Crippen molar-refractivity contribution in [3.8, 4) is 0 Å². The first-order valence-corrected chi connectivity index (χ1v) is 3.57. The van der Waals surface area contributed by atoms with Crippen LogP contribution in [0.1, 0.15) is 25.7 Å². The first-order valence-electron chi connectivity index (χ1n) is 3.57. The molecule has 1 aliphatic carbocycles. The molecule has 2 fully saturated rings. The Kier molecular flexibility index (Phi) is 2.34. The molecule has 1 heterocycles. The highest BCUT2D eigenvalue weighted by molar-refractivity contribution is 8.93. The molecule has 0 aromatic carbocycles. The molecule has 2 nitrogen and oxygen atoms in total. The van der Waals surface area contributed by atoms with Crippen LogP contribution in [0.25, 0.3) is 0 Å². The summed E-state index contributed by atoms with van der Waals surface area (Å²) in [7, 11) is 0. The van der Waals surface area contributed by atoms with Crippen molar-refractivity contribution in [3.63, 3.8) is 0 Å². The van der Waals surface area contributed by atoms with E-state index in [4.69, 9.17) is 4.74 Å². The molecule has 0 radical (unpaired) electrons. The normalized spacial score (nSPS) is 36.6. The second kappa shape index (κ2) is 2.91. The minimum absolute atomic E-state index is 0. The topological polar surface area (TPSA) is 26.3 Å². The minimum Gasteiger partial charge on any atom is -0.462 e. The van der Waals surface area contributed by atoms with Gasteiger partial charge in [-0.2, -0.15) is 0 Å². The van der Waals surface area contributed by atoms with Crippen LogP contribution >= 0.6 is 17.0 Å². The summed E-state index contributed by atoms with van der Waals surface area (Å²) in [6.07, 6.45) is 4.63. The summed E-state index contributed by atoms with van der Waals surface area (Å²) in [5.41, 5.74) is 0. The smallest absolute Gasteiger partial charge is 0.309 e. The Hall–Kier alpha value is -0.0500. The van der Waals surface area contributed by atoms with Gasteiger partial charge in [0.25, 0.3) is 0 Å². The molecule has 2 bridgehead atoms. The molecule has 2 rings (SSSR count). The summed E-state index contributed by atoms with van der Waals surface area (Å²) >= 11 is 0. The van der Waals surface area contributed by atoms with Gasteiger partial charge in [-0.25, -0.2) is 0 Å². The van der Waals surface area contributed by atoms with Crippen molar-refractivity contribution in [2.24, 2.45) is 5.92 Å². The summed E-state index contributed by atoms with van der Waals surface area (Å²) in [6.45, 7) is 0. The quantitative estimate of drug-likeness (QED) is 0.565. The average molecular weight is 207 g/mol. The maximum Gasteiger partial charge on any atom is 0.309 e. The predicted octanol–water partition coefficient (Wildman–Crippen LogP) is 1.68. The summed E-state index contributed by atoms with van der Waals surface area (Å²) in [5.74, 6) is 0.321. The van der Waals surface area contributed by atoms with Crippen LogP contribution in [-0.4, -0.2) is 12.1 Å². The van der Waals surface area contributed by atoms with E-state index >= 15 is 0 Å². The van der Waals surface area contributed by atoms with E-state index in [9.17, 15) is 4.79 Å². The highest BCUT2D eigenvalue weighted by Gasteiger charge is 2.37. The fourth-order valence-electron chi connectivity index (χ4n) is 1.73. The third kappa shape index (κ3) is 1.19. The number of hydrogen-bond donors (Lipinski definition) is 0. The van der Waals surface area contributed by atoms with Crippen LogP contribution in [0.3, 0.4) is 0 Å². The summed E-state index contributed by atoms with van der Waals surface area (Å²) in [4.78, 5) is 10.8. The number of fused-ring (bicyclic) bond motifs is 2. The molecule has 0 aromatic heterocycles. The van der Waals surface area contributed by atoms with Gasteiger partial charge in [0.05, 0.1) is 5.92 Å². The molecule has 0 N–H and O–H groups in total. The van der Waals surface area contributed by atoms with Gasteiger partial charge in [-0.05, 0) is 25.7 Å². The first kappa shape index (κ1) is 8.05. The lowest BCUT2D eigenvalue weighted by atomic mass is 9.90. The lowest BCUT2D eigenvalue weighted by molar-refractivity contribution is -0.143. The number of rotatable bonds is 0. The highest BCUT2D eigenvalue weighted by Crippen LogP contribution is 2.33. The van der Waals surface area contributed by atoms with E-state index in [-0.39, 0.29) is 35.0 Å². The molecule has 0 amide bonds. The molecule has 2 aliphatic rings. The number of hydrogen-bond acceptors (Lipinski definition) is 2. The van der Waals surface area contributed by atoms with Gasteiger partial charge in [-0.3, -0.25) is 4.79 Å². The van der Waals surface area contributed by atoms with Crippen molar-refractivity contribution in [1.29, 1.82) is 0 Å². The second-order valence-corrected chi connectivity index (χ2v) is 2.92. The van der Waals surface area contributed by atoms with Gasteiger partial charge in [0.1, 0.15) is 6.10 Å². The van der Waals surface area contributed by atoms with E-state index in [0.29, 0.717) is 0 Å². The Bertz CT molecular complexity index is 147. The van der Waals surface area contributed by atoms with Crippen molar-refractivity contribution in [1.82, 2.24) is 0 Å². The van der Waals surface area contributed by atoms with Crippen molar-refractivity contribution in [3.05, 3.63) is 0 Å². The SMILES string of the molecule is Br.O=C1O[C@@H]2CCC[C@H]1C2. The molecule has 1 aliphatic heterocycles. The molecular formula is C7H11BrO2. The fourth-order valence-corrected chi connectivity index (χ4v) is 1.73. The van der Waals surface area contributed by atoms with Crippen LogP contribution in [0.4, 0.5) is 0 Å². The summed E-state index contributed by atoms with van der Waals surface area (Å²) in [5, 5.41) is 0. The van der Waals surface area contributed by atoms with Crippen LogP contribution < -0.4 is 0 Å². The largest absolute Gasteiger partial charge is 0.462 e. The molecule has 3 heteroatoms. The van der Waals surface area contributed by atoms with Crippen molar-refractivity contribution in [2.75, 3.05) is 0 Å². The number of esters is 1. The van der Waals surface area contributed by atoms with E-state index in [1.54, 1.807) is 0 Å². The second-order valence-electron chi connectivity index (χ2n) is 2.92. The van der Waals surface area contributed by atoms with E-state index in [0.717, 1.165) is 19.3 Å². The zero-order valence-electron chi connectivity index (χ0n) is 5.71. The zero-order valence-corrected chi connectivity index (χ0v) is 7.42. The summed E-state index contributed by atoms with van der Waals surface area (Å²) < 4.78 is 5.05. The van der Waals surface area contributed by atoms with Crippen LogP contribution in [-0.2, 0) is 9.53 Å². The first-order chi connectivity index (χ1) is 4.36. The highest BCUT2D eigenvalue weighted by atomic mass is 79.9. The van der Waals surface area contributed by atoms with E-state index in [1.807, 2.05) is 0 Å². The fraction of sp³-hybridized carbons (Fsp3) is 0.857. The van der Waals surface area contributed by atoms with E-state index in [1.165, 1.54) is 6.42 Å². The van der Waals surface area contributed by atoms with Gasteiger partial charge >= 0.3 is 5.97 Å². The Balaban J connectivity index is 0.000000500. The third-order valence-electron chi connectivity index (χ3n) is 2.24. The molecule has 0 aromatic rings. The Labute approximate surface area is 70.7 Å². The van der Waals surface area contributed by atoms with Crippen molar-refractivity contribution in [2.45, 2.75) is 31.8 Å². The zero-order chi connectivity index (χ0) is 6.27. The molecule has 0 spiro atoms. The molecular weight excluding hydrogens is 196 g/mol. The monoisotopic (exact) mass is 206 g/mol. The van der Waals surface area contributed by atoms with Gasteiger partial charge in [0.2, 0.25) is 0 Å². The molecule has 2 atom stereocenters. The number of carbonyl (C=O) groups is 1. The molecule has 10 heavy (non-hydrogen) atoms. The minimum atomic E-state index is 0. The number of carbonyl (C=O) groups excluding carboxylic acids is 1. The lowest BCUT2D eigenvalue weighted by Crippen LogP contribution is -2.10. The predicted molar refractivity (Wildman–Crippen MR) is 42.2 cm³/mol. The van der Waals surface area contributed by atoms with Crippen molar-refractivity contribution < 1.29 is 9.53 Å². The standard InChI is InChI=1S/C7H10O2.BrH/c8-7-5-2-1-3-6(4-5)9-7;/h5-6H,1-4H2;1H/t5-,6+;/m0./s1. The van der Waals surface area contributed by atoms with Crippen LogP contribution in [0.5, 0.6) is 0 Å². The van der Waals surface area contributed by atoms with Gasteiger partial charge < -0.3 is 4.74 Å². The maximum atomic E-state index is 10.8. The van der Waals surface area contributed by atoms with Crippen LogP contribution in [0.2, 0.25) is 0 Å². The van der Waals surface area contributed by atoms with E-state index < -0.39 is 0 Å². The van der Waals surface area contributed by atoms with Crippen LogP contribution in [0, 0.1) is 5.92 Å². The number of ether oxygens (including phenoxy) is 1. The van der Waals surface area contributed by atoms with E-state index in [2.05, 4.69) is 0 Å². The molecule has 58 valence electrons. The maximum absolute atomic E-state index is 10.8. The summed E-state index contributed by atoms with van der Waals surface area (Å²) in [6, 6.07) is 0. The number of halogens is 1. The molecule has 1 saturated carbocycles. The van der Waals surface area contributed by atoms with Gasteiger partial charge in [-0.1, -0.05) is 0 Å². The average Bonchev–Trinajstić information content (AvgIpc) is 2.09. The third-order valence-corrected chi connectivity index (χ3v) is 2.24. The Morgan fingerprint density at radius 2 is 2.20 bits per heavy atom.